The van der Waals surface area contributed by atoms with Crippen LogP contribution in [0, 0.1) is 0 Å². The van der Waals surface area contributed by atoms with Crippen molar-refractivity contribution in [2.75, 3.05) is 0 Å². The molecule has 0 aliphatic carbocycles. The third-order valence-electron chi connectivity index (χ3n) is 11.4. The normalized spacial score (nSPS) is 11.7. The Balaban J connectivity index is 1.19. The molecule has 0 nitrogen and oxygen atoms in total. The van der Waals surface area contributed by atoms with Crippen LogP contribution >= 0.6 is 0 Å². The molecule has 0 atom stereocenters. The minimum atomic E-state index is 1.21. The van der Waals surface area contributed by atoms with Gasteiger partial charge in [0.1, 0.15) is 0 Å². The monoisotopic (exact) mass is 682 g/mol. The molecule has 0 radical (unpaired) electrons. The smallest absolute Gasteiger partial charge is 0.00259 e. The summed E-state index contributed by atoms with van der Waals surface area (Å²) in [6.45, 7) is 0. The van der Waals surface area contributed by atoms with E-state index in [1.807, 2.05) is 0 Å². The first-order valence-corrected chi connectivity index (χ1v) is 18.7. The van der Waals surface area contributed by atoms with Crippen LogP contribution in [0.3, 0.4) is 0 Å². The molecule has 0 saturated carbocycles. The maximum absolute atomic E-state index is 2.45. The lowest BCUT2D eigenvalue weighted by Crippen LogP contribution is -1.92. The molecule has 11 aromatic rings. The van der Waals surface area contributed by atoms with Gasteiger partial charge in [0.15, 0.2) is 0 Å². The van der Waals surface area contributed by atoms with Gasteiger partial charge in [0.05, 0.1) is 0 Å². The van der Waals surface area contributed by atoms with E-state index in [2.05, 4.69) is 206 Å². The van der Waals surface area contributed by atoms with Crippen LogP contribution in [-0.4, -0.2) is 0 Å². The maximum Gasteiger partial charge on any atom is -0.00259 e. The Bertz CT molecular complexity index is 3270. The van der Waals surface area contributed by atoms with Gasteiger partial charge in [0.25, 0.3) is 0 Å². The summed E-state index contributed by atoms with van der Waals surface area (Å²) in [6.07, 6.45) is 0. The molecular formula is C54H34. The fourth-order valence-corrected chi connectivity index (χ4v) is 8.83. The van der Waals surface area contributed by atoms with Crippen LogP contribution in [0.5, 0.6) is 0 Å². The zero-order chi connectivity index (χ0) is 35.6. The predicted octanol–water partition coefficient (Wildman–Crippen LogP) is 15.3. The van der Waals surface area contributed by atoms with Gasteiger partial charge in [-0.2, -0.15) is 0 Å². The molecule has 0 fully saturated rings. The second-order valence-corrected chi connectivity index (χ2v) is 14.4. The Hall–Kier alpha value is -7.02. The minimum absolute atomic E-state index is 1.21. The summed E-state index contributed by atoms with van der Waals surface area (Å²) in [6, 6.07) is 76.3. The van der Waals surface area contributed by atoms with Crippen LogP contribution in [0.2, 0.25) is 0 Å². The highest BCUT2D eigenvalue weighted by Crippen LogP contribution is 2.46. The summed E-state index contributed by atoms with van der Waals surface area (Å²) in [5.41, 5.74) is 9.95. The first kappa shape index (κ1) is 30.6. The molecule has 0 unspecified atom stereocenters. The molecule has 0 heterocycles. The second-order valence-electron chi connectivity index (χ2n) is 14.4. The van der Waals surface area contributed by atoms with Crippen molar-refractivity contribution in [3.8, 4) is 44.5 Å². The maximum atomic E-state index is 2.45. The highest BCUT2D eigenvalue weighted by atomic mass is 14.2. The zero-order valence-electron chi connectivity index (χ0n) is 29.6. The summed E-state index contributed by atoms with van der Waals surface area (Å²) in [7, 11) is 0. The molecule has 0 spiro atoms. The van der Waals surface area contributed by atoms with E-state index in [0.29, 0.717) is 0 Å². The number of benzene rings is 11. The molecule has 0 heteroatoms. The SMILES string of the molecule is c1ccc2cc(-c3cccc4c(-c5ccc6c(-c7ccc8ccccc8c7)c7ccccc7c(-c7ccc8ccccc8c7)c6c5)cccc34)ccc2c1. The number of hydrogen-bond acceptors (Lipinski definition) is 0. The molecular weight excluding hydrogens is 649 g/mol. The summed E-state index contributed by atoms with van der Waals surface area (Å²) in [5, 5.41) is 15.1. The molecule has 0 amide bonds. The first-order valence-electron chi connectivity index (χ1n) is 18.7. The van der Waals surface area contributed by atoms with Crippen LogP contribution in [0.4, 0.5) is 0 Å². The van der Waals surface area contributed by atoms with Crippen molar-refractivity contribution in [2.45, 2.75) is 0 Å². The lowest BCUT2D eigenvalue weighted by Gasteiger charge is -2.20. The fraction of sp³-hybridized carbons (Fsp3) is 0. The van der Waals surface area contributed by atoms with E-state index in [9.17, 15) is 0 Å². The molecule has 54 heavy (non-hydrogen) atoms. The van der Waals surface area contributed by atoms with E-state index in [0.717, 1.165) is 0 Å². The van der Waals surface area contributed by atoms with E-state index in [1.165, 1.54) is 109 Å². The number of hydrogen-bond donors (Lipinski definition) is 0. The van der Waals surface area contributed by atoms with Crippen LogP contribution in [0.15, 0.2) is 206 Å². The lowest BCUT2D eigenvalue weighted by molar-refractivity contribution is 1.65. The molecule has 0 saturated heterocycles. The quantitative estimate of drug-likeness (QED) is 0.162. The van der Waals surface area contributed by atoms with Gasteiger partial charge in [-0.1, -0.05) is 182 Å². The van der Waals surface area contributed by atoms with Crippen molar-refractivity contribution in [1.29, 1.82) is 0 Å². The molecule has 0 aromatic heterocycles. The van der Waals surface area contributed by atoms with Gasteiger partial charge in [0, 0.05) is 0 Å². The van der Waals surface area contributed by atoms with Crippen molar-refractivity contribution in [3.63, 3.8) is 0 Å². The lowest BCUT2D eigenvalue weighted by atomic mass is 9.83. The van der Waals surface area contributed by atoms with Gasteiger partial charge in [0.2, 0.25) is 0 Å². The zero-order valence-corrected chi connectivity index (χ0v) is 29.6. The topological polar surface area (TPSA) is 0 Å². The predicted molar refractivity (Wildman–Crippen MR) is 233 cm³/mol. The van der Waals surface area contributed by atoms with Gasteiger partial charge in [-0.25, -0.2) is 0 Å². The number of rotatable bonds is 4. The largest absolute Gasteiger partial charge is 0.0616 e. The van der Waals surface area contributed by atoms with Crippen LogP contribution in [-0.2, 0) is 0 Å². The average molecular weight is 683 g/mol. The third kappa shape index (κ3) is 4.92. The molecule has 0 bridgehead atoms. The van der Waals surface area contributed by atoms with Crippen molar-refractivity contribution < 1.29 is 0 Å². The van der Waals surface area contributed by atoms with E-state index >= 15 is 0 Å². The van der Waals surface area contributed by atoms with E-state index < -0.39 is 0 Å². The van der Waals surface area contributed by atoms with Gasteiger partial charge < -0.3 is 0 Å². The second kappa shape index (κ2) is 12.3. The van der Waals surface area contributed by atoms with Gasteiger partial charge in [-0.3, -0.25) is 0 Å². The summed E-state index contributed by atoms with van der Waals surface area (Å²) >= 11 is 0. The highest BCUT2D eigenvalue weighted by Gasteiger charge is 2.19. The molecule has 250 valence electrons. The Kier molecular flexibility index (Phi) is 6.97. The Morgan fingerprint density at radius 2 is 0.537 bits per heavy atom. The van der Waals surface area contributed by atoms with Crippen LogP contribution in [0.25, 0.3) is 109 Å². The Labute approximate surface area is 314 Å². The van der Waals surface area contributed by atoms with Crippen LogP contribution < -0.4 is 0 Å². The summed E-state index contributed by atoms with van der Waals surface area (Å²) < 4.78 is 0. The summed E-state index contributed by atoms with van der Waals surface area (Å²) in [5.74, 6) is 0. The summed E-state index contributed by atoms with van der Waals surface area (Å²) in [4.78, 5) is 0. The van der Waals surface area contributed by atoms with Crippen LogP contribution in [0.1, 0.15) is 0 Å². The minimum Gasteiger partial charge on any atom is -0.0616 e. The number of fused-ring (bicyclic) bond motifs is 6. The van der Waals surface area contributed by atoms with E-state index in [1.54, 1.807) is 0 Å². The Morgan fingerprint density at radius 1 is 0.185 bits per heavy atom. The molecule has 0 N–H and O–H groups in total. The van der Waals surface area contributed by atoms with E-state index in [4.69, 9.17) is 0 Å². The van der Waals surface area contributed by atoms with E-state index in [-0.39, 0.29) is 0 Å². The molecule has 11 rings (SSSR count). The van der Waals surface area contributed by atoms with Crippen molar-refractivity contribution in [1.82, 2.24) is 0 Å². The standard InChI is InChI=1S/C54H34/c1-4-14-38-31-41(26-23-35(38)11-1)45-19-9-22-48-46(20-10-21-47(45)48)42-29-30-51-52(34-42)54(44-28-25-37-13-3-6-16-40(37)33-44)50-18-8-7-17-49(50)53(51)43-27-24-36-12-2-5-15-39(36)32-43/h1-34H. The highest BCUT2D eigenvalue weighted by molar-refractivity contribution is 6.23. The van der Waals surface area contributed by atoms with Crippen molar-refractivity contribution >= 4 is 64.6 Å². The fourth-order valence-electron chi connectivity index (χ4n) is 8.83. The van der Waals surface area contributed by atoms with Gasteiger partial charge >= 0.3 is 0 Å². The average Bonchev–Trinajstić information content (AvgIpc) is 3.24. The van der Waals surface area contributed by atoms with Crippen molar-refractivity contribution in [2.24, 2.45) is 0 Å². The third-order valence-corrected chi connectivity index (χ3v) is 11.4. The molecule has 0 aliphatic heterocycles. The molecule has 0 aliphatic rings. The van der Waals surface area contributed by atoms with Crippen molar-refractivity contribution in [3.05, 3.63) is 206 Å². The first-order chi connectivity index (χ1) is 26.8. The Morgan fingerprint density at radius 3 is 1.06 bits per heavy atom. The van der Waals surface area contributed by atoms with Gasteiger partial charge in [-0.15, -0.1) is 0 Å². The van der Waals surface area contributed by atoms with Gasteiger partial charge in [-0.05, 0) is 133 Å². The molecule has 11 aromatic carbocycles.